The number of carbonyl (C=O) groups is 17. The van der Waals surface area contributed by atoms with E-state index < -0.39 is 236 Å². The number of aromatic nitrogens is 2. The van der Waals surface area contributed by atoms with Gasteiger partial charge in [0.15, 0.2) is 0 Å². The number of rotatable bonds is 48. The first-order chi connectivity index (χ1) is 54.3. The summed E-state index contributed by atoms with van der Waals surface area (Å²) in [5.74, 6) is -21.8. The number of H-pyrrole nitrogens is 2. The molecule has 1 aliphatic rings. The van der Waals surface area contributed by atoms with Crippen LogP contribution in [0.3, 0.4) is 0 Å². The van der Waals surface area contributed by atoms with E-state index in [1.807, 2.05) is 24.3 Å². The first-order valence-electron chi connectivity index (χ1n) is 37.6. The summed E-state index contributed by atoms with van der Waals surface area (Å²) in [6.45, 7) is 8.05. The number of hydrogen-bond donors (Lipinski definition) is 23. The highest BCUT2D eigenvalue weighted by Gasteiger charge is 2.43. The number of amides is 13. The quantitative estimate of drug-likeness (QED) is 0.0184. The number of nitrogens with one attached hydrogen (secondary N) is 14. The largest absolute Gasteiger partial charge is 0.481 e. The molecule has 1 saturated heterocycles. The molecule has 0 spiro atoms. The molecule has 0 unspecified atom stereocenters. The Kier molecular flexibility index (Phi) is 37.0. The van der Waals surface area contributed by atoms with E-state index in [1.165, 1.54) is 11.8 Å². The van der Waals surface area contributed by atoms with Gasteiger partial charge in [0.25, 0.3) is 0 Å². The Morgan fingerprint density at radius 2 is 0.983 bits per heavy atom. The first kappa shape index (κ1) is 93.9. The Bertz CT molecular complexity index is 4130. The second-order valence-electron chi connectivity index (χ2n) is 28.7. The van der Waals surface area contributed by atoms with Crippen molar-refractivity contribution in [1.29, 1.82) is 0 Å². The lowest BCUT2D eigenvalue weighted by atomic mass is 9.97. The van der Waals surface area contributed by atoms with Gasteiger partial charge in [-0.15, -0.1) is 0 Å². The number of benzene rings is 2. The lowest BCUT2D eigenvalue weighted by Gasteiger charge is -2.31. The maximum atomic E-state index is 14.8. The molecule has 115 heavy (non-hydrogen) atoms. The molecule has 25 N–H and O–H groups in total. The highest BCUT2D eigenvalue weighted by molar-refractivity contribution is 6.02. The summed E-state index contributed by atoms with van der Waals surface area (Å²) in [5.41, 5.74) is 14.9. The highest BCUT2D eigenvalue weighted by Crippen LogP contribution is 2.25. The van der Waals surface area contributed by atoms with Crippen molar-refractivity contribution in [2.45, 2.75) is 223 Å². The zero-order chi connectivity index (χ0) is 85.7. The molecule has 1 aliphatic heterocycles. The second-order valence-corrected chi connectivity index (χ2v) is 28.7. The third-order valence-corrected chi connectivity index (χ3v) is 19.1. The van der Waals surface area contributed by atoms with Crippen molar-refractivity contribution >= 4 is 122 Å². The summed E-state index contributed by atoms with van der Waals surface area (Å²) in [6, 6.07) is -7.45. The van der Waals surface area contributed by atoms with E-state index in [0.717, 1.165) is 42.6 Å². The monoisotopic (exact) mass is 1620 g/mol. The summed E-state index contributed by atoms with van der Waals surface area (Å²) >= 11 is 0. The van der Waals surface area contributed by atoms with Crippen molar-refractivity contribution in [2.24, 2.45) is 23.3 Å². The smallest absolute Gasteiger partial charge is 0.328 e. The van der Waals surface area contributed by atoms with Gasteiger partial charge in [-0.1, -0.05) is 70.5 Å². The van der Waals surface area contributed by atoms with Gasteiger partial charge >= 0.3 is 23.9 Å². The number of nitrogens with zero attached hydrogens (tertiary/aromatic N) is 1. The number of aromatic amines is 2. The Morgan fingerprint density at radius 3 is 1.50 bits per heavy atom. The van der Waals surface area contributed by atoms with E-state index >= 15 is 0 Å². The molecule has 632 valence electrons. The van der Waals surface area contributed by atoms with Crippen LogP contribution in [0.2, 0.25) is 0 Å². The SMILES string of the molecule is CC[C@H](C)[C@H](NC(=O)[C@@H]1CCCN1C(=O)[C@H](Cc1c[nH]c2ccccc12)NC(=O)CNC(=O)[C@@H](N)Cc1c[nH]c2ccccc12)C(=O)N[C@@H](CC(=O)O)C(=O)N[C@@H](CC(=O)O)C(=O)N[C@@H](C)C(=O)N[C@H](C(=O)N[C@H](C(=O)N[C@@H](CCC(=O)O)C(=O)N[C@@H](CCCCN)C(=O)N[C@@H](CC(C)C)C(=O)N[C@@H](CO)C(=O)O)[C@@H](C)O)[C@@H](C)O. The minimum absolute atomic E-state index is 0.00212. The van der Waals surface area contributed by atoms with Crippen LogP contribution >= 0.6 is 0 Å². The van der Waals surface area contributed by atoms with E-state index in [0.29, 0.717) is 17.5 Å². The van der Waals surface area contributed by atoms with Gasteiger partial charge in [0, 0.05) is 53.6 Å². The van der Waals surface area contributed by atoms with E-state index in [-0.39, 0.29) is 70.4 Å². The number of para-hydroxylation sites is 2. The molecule has 1 fully saturated rings. The van der Waals surface area contributed by atoms with Crippen LogP contribution in [0.5, 0.6) is 0 Å². The summed E-state index contributed by atoms with van der Waals surface area (Å²) in [5, 5.41) is 99.4. The van der Waals surface area contributed by atoms with Crippen LogP contribution in [0.1, 0.15) is 130 Å². The summed E-state index contributed by atoms with van der Waals surface area (Å²) in [7, 11) is 0. The Labute approximate surface area is 660 Å². The number of aliphatic hydroxyl groups is 3. The number of hydrogen-bond acceptors (Lipinski definition) is 22. The number of unbranched alkanes of at least 4 members (excludes halogenated alkanes) is 1. The van der Waals surface area contributed by atoms with Crippen molar-refractivity contribution in [3.8, 4) is 0 Å². The van der Waals surface area contributed by atoms with Crippen molar-refractivity contribution in [3.05, 3.63) is 72.1 Å². The number of carbonyl (C=O) groups excluding carboxylic acids is 13. The molecule has 3 heterocycles. The number of aliphatic hydroxyl groups excluding tert-OH is 3. The zero-order valence-corrected chi connectivity index (χ0v) is 64.8. The van der Waals surface area contributed by atoms with Crippen molar-refractivity contribution < 1.29 is 117 Å². The van der Waals surface area contributed by atoms with Gasteiger partial charge in [-0.05, 0) is 114 Å². The van der Waals surface area contributed by atoms with E-state index in [9.17, 15) is 117 Å². The van der Waals surface area contributed by atoms with Crippen LogP contribution in [0.25, 0.3) is 21.8 Å². The lowest BCUT2D eigenvalue weighted by molar-refractivity contribution is -0.144. The van der Waals surface area contributed by atoms with Gasteiger partial charge in [0.1, 0.15) is 72.5 Å². The van der Waals surface area contributed by atoms with Crippen molar-refractivity contribution in [1.82, 2.24) is 78.7 Å². The molecule has 0 radical (unpaired) electrons. The number of carboxylic acid groups (broad SMARTS) is 4. The number of likely N-dealkylation sites (tertiary alicyclic amines) is 1. The number of carboxylic acids is 4. The molecule has 0 bridgehead atoms. The summed E-state index contributed by atoms with van der Waals surface area (Å²) in [6.07, 6.45) is -3.48. The van der Waals surface area contributed by atoms with Gasteiger partial charge in [-0.25, -0.2) is 4.79 Å². The molecule has 2 aromatic carbocycles. The predicted molar refractivity (Wildman–Crippen MR) is 408 cm³/mol. The fourth-order valence-corrected chi connectivity index (χ4v) is 12.6. The maximum absolute atomic E-state index is 14.8. The molecule has 0 aliphatic carbocycles. The van der Waals surface area contributed by atoms with Crippen LogP contribution < -0.4 is 75.3 Å². The zero-order valence-electron chi connectivity index (χ0n) is 64.8. The molecule has 4 aromatic rings. The molecular weight excluding hydrogens is 1510 g/mol. The fourth-order valence-electron chi connectivity index (χ4n) is 12.6. The van der Waals surface area contributed by atoms with Crippen molar-refractivity contribution in [2.75, 3.05) is 26.2 Å². The Balaban J connectivity index is 1.26. The Hall–Kier alpha value is -11.7. The third-order valence-electron chi connectivity index (χ3n) is 19.1. The van der Waals surface area contributed by atoms with E-state index in [4.69, 9.17) is 11.5 Å². The van der Waals surface area contributed by atoms with Gasteiger partial charge in [0.2, 0.25) is 76.8 Å². The van der Waals surface area contributed by atoms with Gasteiger partial charge in [0.05, 0.1) is 44.2 Å². The van der Waals surface area contributed by atoms with Crippen LogP contribution in [0.4, 0.5) is 0 Å². The van der Waals surface area contributed by atoms with E-state index in [2.05, 4.69) is 73.8 Å². The molecule has 13 amide bonds. The highest BCUT2D eigenvalue weighted by atomic mass is 16.4. The van der Waals surface area contributed by atoms with Crippen LogP contribution in [-0.4, -0.2) is 268 Å². The lowest BCUT2D eigenvalue weighted by Crippen LogP contribution is -2.63. The summed E-state index contributed by atoms with van der Waals surface area (Å²) in [4.78, 5) is 237. The predicted octanol–water partition coefficient (Wildman–Crippen LogP) is -4.90. The van der Waals surface area contributed by atoms with Gasteiger partial charge < -0.3 is 126 Å². The normalized spacial score (nSPS) is 16.6. The standard InChI is InChI=1S/C74H107N17O24/c1-8-36(4)59(88-69(109)54-21-15-25-91(54)73(113)52(28-41-32-78-46-19-12-10-17-43(41)46)81-55(95)33-79-63(103)44(76)27-40-31-77-45-18-11-9-16-42(40)45)70(110)86-51(30-58(100)101)68(108)85-50(29-57(98)99)66(106)80-37(5)62(102)89-61(39(7)94)72(112)90-60(38(6)93)71(111)83-48(22-23-56(96)97)65(105)82-47(20-13-14-24-75)64(104)84-49(26-35(2)3)67(107)87-53(34-92)74(114)115/h9-12,16-19,31-32,35-39,44,47-54,59-61,77-78,92-94H,8,13-15,20-30,33-34,75-76H2,1-7H3,(H,79,103)(H,80,106)(H,81,95)(H,82,105)(H,83,111)(H,84,104)(H,85,108)(H,86,110)(H,87,107)(H,88,109)(H,89,102)(H,90,112)(H,96,97)(H,98,99)(H,100,101)(H,114,115)/t36-,37-,38+,39+,44-,47-,48-,49-,50-,51-,52-,53-,54-,59-,60-,61-/m0/s1. The maximum Gasteiger partial charge on any atom is 0.328 e. The summed E-state index contributed by atoms with van der Waals surface area (Å²) < 4.78 is 0. The van der Waals surface area contributed by atoms with Crippen LogP contribution in [0.15, 0.2) is 60.9 Å². The molecule has 0 saturated carbocycles. The number of aliphatic carboxylic acids is 4. The minimum atomic E-state index is -2.16. The topological polar surface area (TPSA) is 663 Å². The average Bonchev–Trinajstić information content (AvgIpc) is 1.70. The van der Waals surface area contributed by atoms with E-state index in [1.54, 1.807) is 57.4 Å². The molecule has 41 heteroatoms. The fraction of sp³-hybridized carbons (Fsp3) is 0.554. The molecule has 5 rings (SSSR count). The van der Waals surface area contributed by atoms with Crippen LogP contribution in [-0.2, 0) is 94.3 Å². The van der Waals surface area contributed by atoms with Crippen LogP contribution in [0, 0.1) is 11.8 Å². The van der Waals surface area contributed by atoms with Crippen molar-refractivity contribution in [3.63, 3.8) is 0 Å². The molecule has 2 aromatic heterocycles. The van der Waals surface area contributed by atoms with Gasteiger partial charge in [-0.3, -0.25) is 76.7 Å². The number of fused-ring (bicyclic) bond motifs is 2. The Morgan fingerprint density at radius 1 is 0.513 bits per heavy atom. The van der Waals surface area contributed by atoms with Gasteiger partial charge in [-0.2, -0.15) is 0 Å². The minimum Gasteiger partial charge on any atom is -0.481 e. The number of nitrogens with two attached hydrogens (primary N) is 2. The molecule has 41 nitrogen and oxygen atoms in total. The second kappa shape index (κ2) is 45.3. The first-order valence-corrected chi connectivity index (χ1v) is 37.6. The molecule has 16 atom stereocenters. The molecular formula is C74H107N17O24. The average molecular weight is 1620 g/mol. The third kappa shape index (κ3) is 28.7.